The number of hydrogen-bond acceptors (Lipinski definition) is 6. The largest absolute Gasteiger partial charge is 0.462 e. The van der Waals surface area contributed by atoms with E-state index in [0.717, 1.165) is 29.7 Å². The third kappa shape index (κ3) is 3.54. The summed E-state index contributed by atoms with van der Waals surface area (Å²) in [6.07, 6.45) is 6.63. The summed E-state index contributed by atoms with van der Waals surface area (Å²) < 4.78 is 11.2. The van der Waals surface area contributed by atoms with Crippen LogP contribution in [-0.2, 0) is 9.47 Å². The van der Waals surface area contributed by atoms with Gasteiger partial charge < -0.3 is 20.1 Å². The summed E-state index contributed by atoms with van der Waals surface area (Å²) >= 11 is 1.39. The van der Waals surface area contributed by atoms with Gasteiger partial charge in [0.1, 0.15) is 9.88 Å². The summed E-state index contributed by atoms with van der Waals surface area (Å²) in [6, 6.07) is 0.368. The molecule has 0 radical (unpaired) electrons. The van der Waals surface area contributed by atoms with Gasteiger partial charge in [0.2, 0.25) is 0 Å². The van der Waals surface area contributed by atoms with Crippen molar-refractivity contribution in [1.82, 2.24) is 15.6 Å². The van der Waals surface area contributed by atoms with E-state index in [1.54, 1.807) is 0 Å². The van der Waals surface area contributed by atoms with E-state index < -0.39 is 0 Å². The van der Waals surface area contributed by atoms with Crippen LogP contribution in [0.2, 0.25) is 0 Å². The van der Waals surface area contributed by atoms with Gasteiger partial charge >= 0.3 is 5.97 Å². The number of aromatic nitrogens is 1. The minimum atomic E-state index is -0.298. The standard InChI is InChI=1S/C21H32N4O3S/c1-5-27-19(26)15-12(2)23-18(29-15)13(3)24-20(22-4)25-16-14-8-11-28-17(14)21(16)9-6-7-10-21/h13-14,16-17H,5-11H2,1-4H3,(H2,22,24,25). The number of nitrogens with one attached hydrogen (secondary N) is 2. The van der Waals surface area contributed by atoms with Gasteiger partial charge in [-0.25, -0.2) is 9.78 Å². The summed E-state index contributed by atoms with van der Waals surface area (Å²) in [5.74, 6) is 1.08. The van der Waals surface area contributed by atoms with Gasteiger partial charge in [0.05, 0.1) is 24.4 Å². The molecule has 0 bridgehead atoms. The SMILES string of the molecule is CCOC(=O)c1sc(C(C)NC(=NC)NC2C3CCOC3C23CCCC3)nc1C. The predicted molar refractivity (Wildman–Crippen MR) is 113 cm³/mol. The van der Waals surface area contributed by atoms with Crippen molar-refractivity contribution >= 4 is 23.3 Å². The van der Waals surface area contributed by atoms with E-state index in [-0.39, 0.29) is 17.4 Å². The molecule has 29 heavy (non-hydrogen) atoms. The van der Waals surface area contributed by atoms with Crippen molar-refractivity contribution in [2.75, 3.05) is 20.3 Å². The van der Waals surface area contributed by atoms with Gasteiger partial charge in [-0.3, -0.25) is 4.99 Å². The quantitative estimate of drug-likeness (QED) is 0.432. The number of rotatable bonds is 5. The van der Waals surface area contributed by atoms with E-state index in [2.05, 4.69) is 20.6 Å². The van der Waals surface area contributed by atoms with Gasteiger partial charge in [0.15, 0.2) is 5.96 Å². The molecular weight excluding hydrogens is 388 g/mol. The number of ether oxygens (including phenoxy) is 2. The molecule has 4 atom stereocenters. The maximum Gasteiger partial charge on any atom is 0.350 e. The van der Waals surface area contributed by atoms with Crippen LogP contribution in [0.1, 0.15) is 72.4 Å². The molecule has 4 rings (SSSR count). The fourth-order valence-corrected chi connectivity index (χ4v) is 6.44. The maximum atomic E-state index is 12.1. The van der Waals surface area contributed by atoms with Gasteiger partial charge in [-0.05, 0) is 40.0 Å². The highest BCUT2D eigenvalue weighted by atomic mass is 32.1. The second-order valence-corrected chi connectivity index (χ2v) is 9.46. The van der Waals surface area contributed by atoms with Gasteiger partial charge in [0.25, 0.3) is 0 Å². The lowest BCUT2D eigenvalue weighted by atomic mass is 9.54. The summed E-state index contributed by atoms with van der Waals surface area (Å²) in [4.78, 5) is 21.7. The van der Waals surface area contributed by atoms with Gasteiger partial charge in [0, 0.05) is 31.0 Å². The van der Waals surface area contributed by atoms with Crippen LogP contribution in [0.5, 0.6) is 0 Å². The molecule has 1 aliphatic heterocycles. The molecule has 160 valence electrons. The van der Waals surface area contributed by atoms with Crippen molar-refractivity contribution < 1.29 is 14.3 Å². The van der Waals surface area contributed by atoms with Crippen molar-refractivity contribution in [2.24, 2.45) is 16.3 Å². The average molecular weight is 421 g/mol. The number of carbonyl (C=O) groups excluding carboxylic acids is 1. The van der Waals surface area contributed by atoms with Crippen molar-refractivity contribution in [3.8, 4) is 0 Å². The average Bonchev–Trinajstić information content (AvgIpc) is 3.43. The molecule has 2 aliphatic carbocycles. The molecule has 4 unspecified atom stereocenters. The first-order valence-electron chi connectivity index (χ1n) is 10.8. The third-order valence-corrected chi connectivity index (χ3v) is 8.12. The van der Waals surface area contributed by atoms with Gasteiger partial charge in [-0.2, -0.15) is 0 Å². The number of aryl methyl sites for hydroxylation is 1. The van der Waals surface area contributed by atoms with Crippen LogP contribution in [0.15, 0.2) is 4.99 Å². The molecule has 1 saturated heterocycles. The smallest absolute Gasteiger partial charge is 0.350 e. The number of nitrogens with zero attached hydrogens (tertiary/aromatic N) is 2. The fourth-order valence-electron chi connectivity index (χ4n) is 5.48. The Balaban J connectivity index is 1.43. The zero-order chi connectivity index (χ0) is 20.6. The van der Waals surface area contributed by atoms with Crippen molar-refractivity contribution in [3.63, 3.8) is 0 Å². The van der Waals surface area contributed by atoms with E-state index in [9.17, 15) is 4.79 Å². The molecule has 3 fully saturated rings. The van der Waals surface area contributed by atoms with Crippen LogP contribution in [0.4, 0.5) is 0 Å². The minimum absolute atomic E-state index is 0.0525. The molecule has 7 nitrogen and oxygen atoms in total. The second kappa shape index (κ2) is 8.22. The predicted octanol–water partition coefficient (Wildman–Crippen LogP) is 3.20. The lowest BCUT2D eigenvalue weighted by Gasteiger charge is -2.57. The Hall–Kier alpha value is -1.67. The zero-order valence-electron chi connectivity index (χ0n) is 17.8. The molecule has 8 heteroatoms. The highest BCUT2D eigenvalue weighted by Crippen LogP contribution is 2.60. The molecule has 3 aliphatic rings. The topological polar surface area (TPSA) is 84.8 Å². The zero-order valence-corrected chi connectivity index (χ0v) is 18.6. The molecule has 0 aromatic carbocycles. The molecule has 1 aromatic heterocycles. The summed E-state index contributed by atoms with van der Waals surface area (Å²) in [5.41, 5.74) is 0.992. The number of aliphatic imine (C=N–C) groups is 1. The molecule has 2 saturated carbocycles. The lowest BCUT2D eigenvalue weighted by Crippen LogP contribution is -2.69. The Morgan fingerprint density at radius 2 is 2.21 bits per heavy atom. The number of carbonyl (C=O) groups is 1. The van der Waals surface area contributed by atoms with Crippen LogP contribution in [0.25, 0.3) is 0 Å². The molecule has 2 N–H and O–H groups in total. The molecule has 1 aromatic rings. The molecule has 0 amide bonds. The summed E-state index contributed by atoms with van der Waals surface area (Å²) in [6.45, 7) is 6.96. The fraction of sp³-hybridized carbons (Fsp3) is 0.762. The lowest BCUT2D eigenvalue weighted by molar-refractivity contribution is -0.125. The number of fused-ring (bicyclic) bond motifs is 2. The van der Waals surface area contributed by atoms with E-state index in [0.29, 0.717) is 29.5 Å². The van der Waals surface area contributed by atoms with Crippen LogP contribution in [0, 0.1) is 18.3 Å². The number of esters is 1. The van der Waals surface area contributed by atoms with E-state index in [4.69, 9.17) is 9.47 Å². The highest BCUT2D eigenvalue weighted by molar-refractivity contribution is 7.13. The van der Waals surface area contributed by atoms with Crippen LogP contribution < -0.4 is 10.6 Å². The Morgan fingerprint density at radius 1 is 1.45 bits per heavy atom. The molecule has 1 spiro atoms. The first-order valence-corrected chi connectivity index (χ1v) is 11.6. The van der Waals surface area contributed by atoms with Crippen LogP contribution >= 0.6 is 11.3 Å². The van der Waals surface area contributed by atoms with E-state index in [1.807, 2.05) is 27.8 Å². The van der Waals surface area contributed by atoms with Crippen molar-refractivity contribution in [2.45, 2.75) is 71.1 Å². The normalized spacial score (nSPS) is 28.7. The first kappa shape index (κ1) is 20.6. The van der Waals surface area contributed by atoms with Gasteiger partial charge in [-0.15, -0.1) is 11.3 Å². The second-order valence-electron chi connectivity index (χ2n) is 8.43. The Bertz CT molecular complexity index is 787. The monoisotopic (exact) mass is 420 g/mol. The minimum Gasteiger partial charge on any atom is -0.462 e. The highest BCUT2D eigenvalue weighted by Gasteiger charge is 2.65. The number of thiazole rings is 1. The van der Waals surface area contributed by atoms with Crippen molar-refractivity contribution in [1.29, 1.82) is 0 Å². The maximum absolute atomic E-state index is 12.1. The van der Waals surface area contributed by atoms with Crippen LogP contribution in [0.3, 0.4) is 0 Å². The van der Waals surface area contributed by atoms with Gasteiger partial charge in [-0.1, -0.05) is 12.8 Å². The molecular formula is C21H32N4O3S. The van der Waals surface area contributed by atoms with Crippen LogP contribution in [-0.4, -0.2) is 49.3 Å². The Kier molecular flexibility index (Phi) is 5.84. The Labute approximate surface area is 176 Å². The first-order chi connectivity index (χ1) is 14.0. The summed E-state index contributed by atoms with van der Waals surface area (Å²) in [5, 5.41) is 8.05. The third-order valence-electron chi connectivity index (χ3n) is 6.80. The Morgan fingerprint density at radius 3 is 2.90 bits per heavy atom. The molecule has 2 heterocycles. The number of guanidine groups is 1. The van der Waals surface area contributed by atoms with Crippen molar-refractivity contribution in [3.05, 3.63) is 15.6 Å². The van der Waals surface area contributed by atoms with E-state index >= 15 is 0 Å². The number of hydrogen-bond donors (Lipinski definition) is 2. The van der Waals surface area contributed by atoms with E-state index in [1.165, 1.54) is 37.0 Å². The summed E-state index contributed by atoms with van der Waals surface area (Å²) in [7, 11) is 1.81.